The largest absolute Gasteiger partial charge is 0.387 e. The lowest BCUT2D eigenvalue weighted by atomic mass is 10.1. The van der Waals surface area contributed by atoms with Crippen molar-refractivity contribution in [2.45, 2.75) is 45.1 Å². The molecule has 0 spiro atoms. The highest BCUT2D eigenvalue weighted by Gasteiger charge is 2.25. The van der Waals surface area contributed by atoms with E-state index in [4.69, 9.17) is 4.74 Å². The third kappa shape index (κ3) is 11.8. The zero-order valence-corrected chi connectivity index (χ0v) is 20.4. The van der Waals surface area contributed by atoms with Gasteiger partial charge in [-0.15, -0.1) is 24.0 Å². The van der Waals surface area contributed by atoms with Crippen molar-refractivity contribution in [1.29, 1.82) is 0 Å². The van der Waals surface area contributed by atoms with E-state index in [-0.39, 0.29) is 24.0 Å². The number of nitrogens with one attached hydrogen (secondary N) is 2. The Hall–Kier alpha value is -0.900. The van der Waals surface area contributed by atoms with Crippen LogP contribution in [-0.2, 0) is 11.2 Å². The molecule has 166 valence electrons. The van der Waals surface area contributed by atoms with Crippen LogP contribution in [0.3, 0.4) is 0 Å². The second-order valence-electron chi connectivity index (χ2n) is 7.80. The first-order chi connectivity index (χ1) is 13.6. The third-order valence-electron chi connectivity index (χ3n) is 4.87. The molecule has 0 aliphatic carbocycles. The Morgan fingerprint density at radius 2 is 1.86 bits per heavy atom. The molecule has 29 heavy (non-hydrogen) atoms. The molecule has 0 amide bonds. The number of nitrogens with zero attached hydrogens (tertiary/aromatic N) is 2. The highest BCUT2D eigenvalue weighted by molar-refractivity contribution is 14.0. The van der Waals surface area contributed by atoms with Crippen LogP contribution in [-0.4, -0.2) is 74.0 Å². The first kappa shape index (κ1) is 26.1. The summed E-state index contributed by atoms with van der Waals surface area (Å²) in [4.78, 5) is 6.84. The van der Waals surface area contributed by atoms with Gasteiger partial charge < -0.3 is 20.5 Å². The predicted molar refractivity (Wildman–Crippen MR) is 131 cm³/mol. The predicted octanol–water partition coefficient (Wildman–Crippen LogP) is 2.66. The Morgan fingerprint density at radius 3 is 2.55 bits per heavy atom. The fraction of sp³-hybridized carbons (Fsp3) is 0.682. The number of β-amino-alcohol motifs (C(OH)–C–C–N with tert-alkyl or cyclic N) is 1. The molecule has 1 heterocycles. The molecule has 1 saturated heterocycles. The maximum Gasteiger partial charge on any atom is 0.191 e. The number of guanidine groups is 1. The van der Waals surface area contributed by atoms with Crippen molar-refractivity contribution < 1.29 is 9.84 Å². The number of morpholine rings is 1. The summed E-state index contributed by atoms with van der Waals surface area (Å²) in [6.45, 7) is 9.87. The SMILES string of the molecule is CCNC(=NCC(C)(O)CN1CCOCC1)NCCCCCc1ccccc1.I. The standard InChI is InChI=1S/C22H38N4O2.HI/c1-3-23-21(24-13-9-5-8-12-20-10-6-4-7-11-20)25-18-22(2,27)19-26-14-16-28-17-15-26;/h4,6-7,10-11,27H,3,5,8-9,12-19H2,1-2H3,(H2,23,24,25);1H. The van der Waals surface area contributed by atoms with Gasteiger partial charge in [0.05, 0.1) is 25.4 Å². The third-order valence-corrected chi connectivity index (χ3v) is 4.87. The summed E-state index contributed by atoms with van der Waals surface area (Å²) in [7, 11) is 0. The molecule has 1 aromatic rings. The Kier molecular flexibility index (Phi) is 13.5. The molecule has 0 saturated carbocycles. The summed E-state index contributed by atoms with van der Waals surface area (Å²) in [6, 6.07) is 10.6. The zero-order chi connectivity index (χ0) is 20.1. The van der Waals surface area contributed by atoms with Gasteiger partial charge in [-0.25, -0.2) is 0 Å². The molecule has 1 fully saturated rings. The van der Waals surface area contributed by atoms with Crippen LogP contribution < -0.4 is 10.6 Å². The van der Waals surface area contributed by atoms with Crippen LogP contribution in [0.15, 0.2) is 35.3 Å². The number of halogens is 1. The van der Waals surface area contributed by atoms with Crippen molar-refractivity contribution in [3.63, 3.8) is 0 Å². The van der Waals surface area contributed by atoms with Crippen molar-refractivity contribution >= 4 is 29.9 Å². The zero-order valence-electron chi connectivity index (χ0n) is 18.0. The van der Waals surface area contributed by atoms with Gasteiger partial charge in [-0.2, -0.15) is 0 Å². The molecule has 2 rings (SSSR count). The van der Waals surface area contributed by atoms with E-state index in [0.717, 1.165) is 58.2 Å². The molecule has 1 aliphatic rings. The number of rotatable bonds is 11. The van der Waals surface area contributed by atoms with Gasteiger partial charge in [0.2, 0.25) is 0 Å². The average Bonchev–Trinajstić information content (AvgIpc) is 2.70. The highest BCUT2D eigenvalue weighted by Crippen LogP contribution is 2.09. The molecule has 7 heteroatoms. The van der Waals surface area contributed by atoms with Crippen LogP contribution >= 0.6 is 24.0 Å². The first-order valence-corrected chi connectivity index (χ1v) is 10.7. The van der Waals surface area contributed by atoms with Gasteiger partial charge in [-0.3, -0.25) is 9.89 Å². The number of aryl methyl sites for hydroxylation is 1. The molecule has 3 N–H and O–H groups in total. The number of hydrogen-bond donors (Lipinski definition) is 3. The quantitative estimate of drug-likeness (QED) is 0.182. The highest BCUT2D eigenvalue weighted by atomic mass is 127. The molecule has 1 atom stereocenters. The fourth-order valence-corrected chi connectivity index (χ4v) is 3.36. The van der Waals surface area contributed by atoms with Crippen molar-refractivity contribution in [2.75, 3.05) is 52.5 Å². The lowest BCUT2D eigenvalue weighted by Gasteiger charge is -2.33. The summed E-state index contributed by atoms with van der Waals surface area (Å²) < 4.78 is 5.37. The van der Waals surface area contributed by atoms with Crippen LogP contribution in [0.5, 0.6) is 0 Å². The minimum atomic E-state index is -0.838. The number of unbranched alkanes of at least 4 members (excludes halogenated alkanes) is 2. The monoisotopic (exact) mass is 518 g/mol. The van der Waals surface area contributed by atoms with Crippen LogP contribution in [0.2, 0.25) is 0 Å². The van der Waals surface area contributed by atoms with E-state index in [0.29, 0.717) is 13.1 Å². The van der Waals surface area contributed by atoms with E-state index in [9.17, 15) is 5.11 Å². The minimum Gasteiger partial charge on any atom is -0.387 e. The molecule has 0 bridgehead atoms. The molecule has 0 aromatic heterocycles. The maximum atomic E-state index is 10.7. The second-order valence-corrected chi connectivity index (χ2v) is 7.80. The molecule has 1 unspecified atom stereocenters. The van der Waals surface area contributed by atoms with Gasteiger partial charge in [-0.1, -0.05) is 36.8 Å². The molecule has 1 aliphatic heterocycles. The lowest BCUT2D eigenvalue weighted by Crippen LogP contribution is -2.48. The van der Waals surface area contributed by atoms with Crippen molar-refractivity contribution in [1.82, 2.24) is 15.5 Å². The number of benzene rings is 1. The van der Waals surface area contributed by atoms with Gasteiger partial charge in [0, 0.05) is 32.7 Å². The molecule has 0 radical (unpaired) electrons. The summed E-state index contributed by atoms with van der Waals surface area (Å²) in [5.74, 6) is 0.785. The van der Waals surface area contributed by atoms with Gasteiger partial charge >= 0.3 is 0 Å². The van der Waals surface area contributed by atoms with Crippen molar-refractivity contribution in [3.05, 3.63) is 35.9 Å². The van der Waals surface area contributed by atoms with Gasteiger partial charge in [0.25, 0.3) is 0 Å². The minimum absolute atomic E-state index is 0. The molecular weight excluding hydrogens is 479 g/mol. The normalized spacial score (nSPS) is 17.3. The Morgan fingerprint density at radius 1 is 1.14 bits per heavy atom. The van der Waals surface area contributed by atoms with E-state index >= 15 is 0 Å². The molecule has 6 nitrogen and oxygen atoms in total. The Balaban J connectivity index is 0.00000420. The first-order valence-electron chi connectivity index (χ1n) is 10.7. The Bertz CT molecular complexity index is 563. The van der Waals surface area contributed by atoms with E-state index in [1.165, 1.54) is 18.4 Å². The number of ether oxygens (including phenoxy) is 1. The van der Waals surface area contributed by atoms with Crippen LogP contribution in [0, 0.1) is 0 Å². The number of aliphatic imine (C=N–C) groups is 1. The summed E-state index contributed by atoms with van der Waals surface area (Å²) >= 11 is 0. The summed E-state index contributed by atoms with van der Waals surface area (Å²) in [6.07, 6.45) is 4.64. The van der Waals surface area contributed by atoms with Crippen molar-refractivity contribution in [2.24, 2.45) is 4.99 Å². The van der Waals surface area contributed by atoms with E-state index in [2.05, 4.69) is 57.8 Å². The maximum absolute atomic E-state index is 10.7. The van der Waals surface area contributed by atoms with Gasteiger partial charge in [-0.05, 0) is 38.7 Å². The van der Waals surface area contributed by atoms with Gasteiger partial charge in [0.15, 0.2) is 5.96 Å². The lowest BCUT2D eigenvalue weighted by molar-refractivity contribution is -0.0179. The van der Waals surface area contributed by atoms with Crippen LogP contribution in [0.4, 0.5) is 0 Å². The number of aliphatic hydroxyl groups is 1. The van der Waals surface area contributed by atoms with Crippen molar-refractivity contribution in [3.8, 4) is 0 Å². The smallest absolute Gasteiger partial charge is 0.191 e. The van der Waals surface area contributed by atoms with Gasteiger partial charge in [0.1, 0.15) is 0 Å². The fourth-order valence-electron chi connectivity index (χ4n) is 3.36. The molecular formula is C22H39IN4O2. The number of hydrogen-bond acceptors (Lipinski definition) is 4. The van der Waals surface area contributed by atoms with E-state index in [1.807, 2.05) is 6.92 Å². The summed E-state index contributed by atoms with van der Waals surface area (Å²) in [5.41, 5.74) is 0.572. The van der Waals surface area contributed by atoms with Crippen LogP contribution in [0.1, 0.15) is 38.7 Å². The molecule has 1 aromatic carbocycles. The van der Waals surface area contributed by atoms with E-state index < -0.39 is 5.60 Å². The second kappa shape index (κ2) is 15.0. The Labute approximate surface area is 193 Å². The van der Waals surface area contributed by atoms with Crippen LogP contribution in [0.25, 0.3) is 0 Å². The average molecular weight is 518 g/mol. The topological polar surface area (TPSA) is 69.1 Å². The summed E-state index contributed by atoms with van der Waals surface area (Å²) in [5, 5.41) is 17.3. The van der Waals surface area contributed by atoms with E-state index in [1.54, 1.807) is 0 Å².